The number of benzene rings is 1. The molecule has 2 amide bonds. The molecule has 2 aromatic rings. The van der Waals surface area contributed by atoms with Crippen LogP contribution in [0.15, 0.2) is 48.8 Å². The molecule has 25 heavy (non-hydrogen) atoms. The lowest BCUT2D eigenvalue weighted by Gasteiger charge is -2.31. The number of hydrogen-bond acceptors (Lipinski definition) is 4. The van der Waals surface area contributed by atoms with Crippen molar-refractivity contribution < 1.29 is 14.3 Å². The molecule has 1 aromatic heterocycles. The van der Waals surface area contributed by atoms with E-state index in [4.69, 9.17) is 9.47 Å². The Hall–Kier alpha value is -2.60. The molecule has 0 spiro atoms. The van der Waals surface area contributed by atoms with Crippen LogP contribution in [0.1, 0.15) is 24.4 Å². The van der Waals surface area contributed by atoms with Crippen LogP contribution in [0, 0.1) is 5.92 Å². The number of carbonyl (C=O) groups excluding carboxylic acids is 1. The van der Waals surface area contributed by atoms with Gasteiger partial charge in [-0.25, -0.2) is 4.79 Å². The monoisotopic (exact) mass is 341 g/mol. The van der Waals surface area contributed by atoms with Gasteiger partial charge in [-0.3, -0.25) is 4.98 Å². The summed E-state index contributed by atoms with van der Waals surface area (Å²) in [6, 6.07) is 10.9. The van der Waals surface area contributed by atoms with E-state index in [0.29, 0.717) is 17.4 Å². The number of rotatable bonds is 5. The molecule has 2 heterocycles. The summed E-state index contributed by atoms with van der Waals surface area (Å²) in [4.78, 5) is 16.8. The van der Waals surface area contributed by atoms with E-state index in [-0.39, 0.29) is 12.1 Å². The maximum absolute atomic E-state index is 12.6. The van der Waals surface area contributed by atoms with Crippen LogP contribution in [0.4, 0.5) is 10.5 Å². The molecule has 0 saturated carbocycles. The second kappa shape index (κ2) is 8.48. The lowest BCUT2D eigenvalue weighted by molar-refractivity contribution is 0.0550. The first kappa shape index (κ1) is 17.2. The first-order valence-corrected chi connectivity index (χ1v) is 8.46. The molecular weight excluding hydrogens is 318 g/mol. The Kier molecular flexibility index (Phi) is 5.85. The fraction of sp³-hybridized carbons (Fsp3) is 0.368. The molecule has 6 nitrogen and oxygen atoms in total. The predicted octanol–water partition coefficient (Wildman–Crippen LogP) is 3.38. The Morgan fingerprint density at radius 1 is 1.24 bits per heavy atom. The van der Waals surface area contributed by atoms with E-state index >= 15 is 0 Å². The number of urea groups is 1. The van der Waals surface area contributed by atoms with Crippen LogP contribution < -0.4 is 15.4 Å². The third kappa shape index (κ3) is 4.48. The number of anilines is 1. The molecule has 6 heteroatoms. The largest absolute Gasteiger partial charge is 0.495 e. The number of aromatic nitrogens is 1. The van der Waals surface area contributed by atoms with Crippen molar-refractivity contribution >= 4 is 11.7 Å². The lowest BCUT2D eigenvalue weighted by atomic mass is 9.88. The Balaban J connectivity index is 1.74. The predicted molar refractivity (Wildman–Crippen MR) is 95.7 cm³/mol. The van der Waals surface area contributed by atoms with Crippen LogP contribution >= 0.6 is 0 Å². The van der Waals surface area contributed by atoms with Crippen LogP contribution in [-0.4, -0.2) is 31.3 Å². The topological polar surface area (TPSA) is 72.5 Å². The SMILES string of the molecule is COc1ccccc1NC(=O)NC(c1cccnc1)C1CCOCC1. The molecule has 3 rings (SSSR count). The number of carbonyl (C=O) groups is 1. The van der Waals surface area contributed by atoms with Gasteiger partial charge in [0.2, 0.25) is 0 Å². The van der Waals surface area contributed by atoms with Crippen molar-refractivity contribution in [3.63, 3.8) is 0 Å². The highest BCUT2D eigenvalue weighted by Crippen LogP contribution is 2.30. The van der Waals surface area contributed by atoms with Crippen molar-refractivity contribution in [2.45, 2.75) is 18.9 Å². The van der Waals surface area contributed by atoms with E-state index in [1.54, 1.807) is 13.3 Å². The molecule has 0 aliphatic carbocycles. The van der Waals surface area contributed by atoms with Crippen molar-refractivity contribution in [2.24, 2.45) is 5.92 Å². The normalized spacial score (nSPS) is 16.0. The zero-order valence-corrected chi connectivity index (χ0v) is 14.3. The summed E-state index contributed by atoms with van der Waals surface area (Å²) in [5.41, 5.74) is 1.64. The van der Waals surface area contributed by atoms with E-state index in [2.05, 4.69) is 15.6 Å². The molecular formula is C19H23N3O3. The Morgan fingerprint density at radius 2 is 2.04 bits per heavy atom. The minimum Gasteiger partial charge on any atom is -0.495 e. The van der Waals surface area contributed by atoms with E-state index < -0.39 is 0 Å². The number of nitrogens with one attached hydrogen (secondary N) is 2. The average Bonchev–Trinajstić information content (AvgIpc) is 2.68. The molecule has 1 aromatic carbocycles. The zero-order valence-electron chi connectivity index (χ0n) is 14.3. The summed E-state index contributed by atoms with van der Waals surface area (Å²) < 4.78 is 10.7. The highest BCUT2D eigenvalue weighted by molar-refractivity contribution is 5.91. The number of methoxy groups -OCH3 is 1. The van der Waals surface area contributed by atoms with Crippen LogP contribution in [0.5, 0.6) is 5.75 Å². The van der Waals surface area contributed by atoms with Gasteiger partial charge in [-0.05, 0) is 42.5 Å². The first-order chi connectivity index (χ1) is 12.3. The number of nitrogens with zero attached hydrogens (tertiary/aromatic N) is 1. The fourth-order valence-corrected chi connectivity index (χ4v) is 3.13. The maximum Gasteiger partial charge on any atom is 0.319 e. The van der Waals surface area contributed by atoms with Gasteiger partial charge < -0.3 is 20.1 Å². The Labute approximate surface area is 147 Å². The highest BCUT2D eigenvalue weighted by atomic mass is 16.5. The fourth-order valence-electron chi connectivity index (χ4n) is 3.13. The van der Waals surface area contributed by atoms with Gasteiger partial charge >= 0.3 is 6.03 Å². The van der Waals surface area contributed by atoms with E-state index in [9.17, 15) is 4.79 Å². The molecule has 1 aliphatic rings. The van der Waals surface area contributed by atoms with Crippen molar-refractivity contribution in [1.82, 2.24) is 10.3 Å². The lowest BCUT2D eigenvalue weighted by Crippen LogP contribution is -2.38. The molecule has 2 N–H and O–H groups in total. The number of pyridine rings is 1. The van der Waals surface area contributed by atoms with Crippen molar-refractivity contribution in [3.8, 4) is 5.75 Å². The van der Waals surface area contributed by atoms with Crippen LogP contribution in [0.3, 0.4) is 0 Å². The number of hydrogen-bond donors (Lipinski definition) is 2. The molecule has 1 atom stereocenters. The summed E-state index contributed by atoms with van der Waals surface area (Å²) in [6.07, 6.45) is 5.37. The van der Waals surface area contributed by atoms with E-state index in [0.717, 1.165) is 31.6 Å². The van der Waals surface area contributed by atoms with Gasteiger partial charge in [-0.2, -0.15) is 0 Å². The smallest absolute Gasteiger partial charge is 0.319 e. The summed E-state index contributed by atoms with van der Waals surface area (Å²) in [7, 11) is 1.58. The summed E-state index contributed by atoms with van der Waals surface area (Å²) in [5.74, 6) is 0.947. The highest BCUT2D eigenvalue weighted by Gasteiger charge is 2.27. The Morgan fingerprint density at radius 3 is 2.76 bits per heavy atom. The van der Waals surface area contributed by atoms with Gasteiger partial charge in [0.1, 0.15) is 5.75 Å². The molecule has 132 valence electrons. The molecule has 1 fully saturated rings. The zero-order chi connectivity index (χ0) is 17.5. The van der Waals surface area contributed by atoms with Crippen LogP contribution in [0.2, 0.25) is 0 Å². The quantitative estimate of drug-likeness (QED) is 0.874. The molecule has 0 bridgehead atoms. The van der Waals surface area contributed by atoms with Crippen LogP contribution in [0.25, 0.3) is 0 Å². The number of para-hydroxylation sites is 2. The Bertz CT molecular complexity index is 687. The van der Waals surface area contributed by atoms with Gasteiger partial charge in [-0.15, -0.1) is 0 Å². The third-order valence-electron chi connectivity index (χ3n) is 4.42. The van der Waals surface area contributed by atoms with Gasteiger partial charge in [0.15, 0.2) is 0 Å². The standard InChI is InChI=1S/C19H23N3O3/c1-24-17-7-3-2-6-16(17)21-19(23)22-18(14-8-11-25-12-9-14)15-5-4-10-20-13-15/h2-7,10,13-14,18H,8-9,11-12H2,1H3,(H2,21,22,23). The second-order valence-corrected chi connectivity index (χ2v) is 6.01. The van der Waals surface area contributed by atoms with Crippen molar-refractivity contribution in [3.05, 3.63) is 54.4 Å². The molecule has 1 unspecified atom stereocenters. The van der Waals surface area contributed by atoms with Gasteiger partial charge in [-0.1, -0.05) is 18.2 Å². The average molecular weight is 341 g/mol. The third-order valence-corrected chi connectivity index (χ3v) is 4.42. The molecule has 1 aliphatic heterocycles. The first-order valence-electron chi connectivity index (χ1n) is 8.46. The number of ether oxygens (including phenoxy) is 2. The number of amides is 2. The minimum absolute atomic E-state index is 0.104. The van der Waals surface area contributed by atoms with Crippen molar-refractivity contribution in [1.29, 1.82) is 0 Å². The maximum atomic E-state index is 12.6. The van der Waals surface area contributed by atoms with Gasteiger partial charge in [0, 0.05) is 25.6 Å². The van der Waals surface area contributed by atoms with E-state index in [1.165, 1.54) is 0 Å². The van der Waals surface area contributed by atoms with Gasteiger partial charge in [0.25, 0.3) is 0 Å². The van der Waals surface area contributed by atoms with Gasteiger partial charge in [0.05, 0.1) is 18.8 Å². The summed E-state index contributed by atoms with van der Waals surface area (Å²) in [6.45, 7) is 1.44. The van der Waals surface area contributed by atoms with E-state index in [1.807, 2.05) is 42.6 Å². The molecule has 1 saturated heterocycles. The van der Waals surface area contributed by atoms with Crippen molar-refractivity contribution in [2.75, 3.05) is 25.6 Å². The summed E-state index contributed by atoms with van der Waals surface area (Å²) >= 11 is 0. The summed E-state index contributed by atoms with van der Waals surface area (Å²) in [5, 5.41) is 5.98. The second-order valence-electron chi connectivity index (χ2n) is 6.01. The van der Waals surface area contributed by atoms with Crippen LogP contribution in [-0.2, 0) is 4.74 Å². The molecule has 0 radical (unpaired) electrons. The minimum atomic E-state index is -0.259.